The third-order valence-corrected chi connectivity index (χ3v) is 3.39. The lowest BCUT2D eigenvalue weighted by atomic mass is 10.2. The maximum atomic E-state index is 12.6. The summed E-state index contributed by atoms with van der Waals surface area (Å²) in [6, 6.07) is 4.68. The molecule has 0 aliphatic heterocycles. The number of carbonyl (C=O) groups excluding carboxylic acids is 2. The highest BCUT2D eigenvalue weighted by atomic mass is 16.5. The lowest BCUT2D eigenvalue weighted by Crippen LogP contribution is -2.33. The van der Waals surface area contributed by atoms with Gasteiger partial charge in [0.25, 0.3) is 11.8 Å². The average molecular weight is 330 g/mol. The molecule has 0 aliphatic carbocycles. The van der Waals surface area contributed by atoms with Crippen molar-refractivity contribution in [3.8, 4) is 0 Å². The van der Waals surface area contributed by atoms with E-state index in [1.807, 2.05) is 13.8 Å². The van der Waals surface area contributed by atoms with Crippen LogP contribution in [0, 0.1) is 6.92 Å². The molecule has 7 nitrogen and oxygen atoms in total. The molecule has 0 fully saturated rings. The minimum Gasteiger partial charge on any atom is -0.360 e. The fourth-order valence-corrected chi connectivity index (χ4v) is 2.32. The van der Waals surface area contributed by atoms with Crippen molar-refractivity contribution in [1.29, 1.82) is 0 Å². The Balaban J connectivity index is 2.15. The van der Waals surface area contributed by atoms with E-state index < -0.39 is 0 Å². The Hall–Kier alpha value is -2.70. The molecular weight excluding hydrogens is 308 g/mol. The van der Waals surface area contributed by atoms with Crippen molar-refractivity contribution >= 4 is 17.6 Å². The minimum absolute atomic E-state index is 0.161. The van der Waals surface area contributed by atoms with Gasteiger partial charge < -0.3 is 14.7 Å². The van der Waals surface area contributed by atoms with Gasteiger partial charge in [0.15, 0.2) is 5.82 Å². The highest BCUT2D eigenvalue weighted by molar-refractivity contribution is 6.05. The molecule has 0 unspecified atom stereocenters. The topological polar surface area (TPSA) is 88.3 Å². The van der Waals surface area contributed by atoms with Crippen LogP contribution in [0.15, 0.2) is 28.9 Å². The molecule has 0 aliphatic rings. The van der Waals surface area contributed by atoms with Gasteiger partial charge in [0.05, 0.1) is 0 Å². The standard InChI is InChI=1S/C17H22N4O3/c1-4-8-21(9-5-2)17(23)14-11-13(6-7-18-14)16(22)19-15-10-12(3)24-20-15/h6-7,10-11H,4-5,8-9H2,1-3H3,(H,19,20,22). The van der Waals surface area contributed by atoms with E-state index in [1.165, 1.54) is 12.3 Å². The molecule has 1 N–H and O–H groups in total. The van der Waals surface area contributed by atoms with E-state index in [-0.39, 0.29) is 17.5 Å². The summed E-state index contributed by atoms with van der Waals surface area (Å²) in [5, 5.41) is 6.35. The van der Waals surface area contributed by atoms with Crippen molar-refractivity contribution < 1.29 is 14.1 Å². The minimum atomic E-state index is -0.364. The van der Waals surface area contributed by atoms with Gasteiger partial charge in [-0.25, -0.2) is 0 Å². The summed E-state index contributed by atoms with van der Waals surface area (Å²) >= 11 is 0. The Morgan fingerprint density at radius 3 is 2.50 bits per heavy atom. The predicted octanol–water partition coefficient (Wildman–Crippen LogP) is 2.89. The summed E-state index contributed by atoms with van der Waals surface area (Å²) in [4.78, 5) is 30.7. The van der Waals surface area contributed by atoms with Crippen LogP contribution >= 0.6 is 0 Å². The average Bonchev–Trinajstić information content (AvgIpc) is 2.99. The number of nitrogens with zero attached hydrogens (tertiary/aromatic N) is 3. The third kappa shape index (κ3) is 4.41. The Morgan fingerprint density at radius 2 is 1.92 bits per heavy atom. The first-order valence-corrected chi connectivity index (χ1v) is 8.05. The summed E-state index contributed by atoms with van der Waals surface area (Å²) < 4.78 is 4.91. The smallest absolute Gasteiger partial charge is 0.272 e. The number of rotatable bonds is 7. The van der Waals surface area contributed by atoms with Crippen LogP contribution in [0.1, 0.15) is 53.3 Å². The first-order valence-electron chi connectivity index (χ1n) is 8.05. The molecule has 0 bridgehead atoms. The summed E-state index contributed by atoms with van der Waals surface area (Å²) in [6.07, 6.45) is 3.21. The molecule has 0 aromatic carbocycles. The first kappa shape index (κ1) is 17.7. The third-order valence-electron chi connectivity index (χ3n) is 3.39. The van der Waals surface area contributed by atoms with E-state index in [1.54, 1.807) is 24.0 Å². The van der Waals surface area contributed by atoms with Crippen LogP contribution in [0.3, 0.4) is 0 Å². The molecule has 128 valence electrons. The number of nitrogens with one attached hydrogen (secondary N) is 1. The second-order valence-corrected chi connectivity index (χ2v) is 5.50. The molecule has 2 aromatic rings. The number of amides is 2. The number of hydrogen-bond donors (Lipinski definition) is 1. The van der Waals surface area contributed by atoms with Gasteiger partial charge in [-0.2, -0.15) is 0 Å². The van der Waals surface area contributed by atoms with Gasteiger partial charge >= 0.3 is 0 Å². The van der Waals surface area contributed by atoms with Gasteiger partial charge in [0.1, 0.15) is 11.5 Å². The number of aromatic nitrogens is 2. The van der Waals surface area contributed by atoms with Gasteiger partial charge in [-0.3, -0.25) is 14.6 Å². The van der Waals surface area contributed by atoms with Crippen LogP contribution in [-0.2, 0) is 0 Å². The summed E-state index contributed by atoms with van der Waals surface area (Å²) in [5.41, 5.74) is 0.614. The Kier molecular flexibility index (Phi) is 6.06. The molecule has 7 heteroatoms. The molecular formula is C17H22N4O3. The quantitative estimate of drug-likeness (QED) is 0.843. The fraction of sp³-hybridized carbons (Fsp3) is 0.412. The van der Waals surface area contributed by atoms with Gasteiger partial charge in [0, 0.05) is 30.9 Å². The molecule has 2 rings (SSSR count). The van der Waals surface area contributed by atoms with Crippen molar-refractivity contribution in [3.63, 3.8) is 0 Å². The van der Waals surface area contributed by atoms with Crippen molar-refractivity contribution in [2.45, 2.75) is 33.6 Å². The van der Waals surface area contributed by atoms with Crippen LogP contribution < -0.4 is 5.32 Å². The predicted molar refractivity (Wildman–Crippen MR) is 89.9 cm³/mol. The van der Waals surface area contributed by atoms with Crippen LogP contribution in [-0.4, -0.2) is 39.9 Å². The molecule has 2 amide bonds. The van der Waals surface area contributed by atoms with E-state index in [2.05, 4.69) is 15.5 Å². The number of aryl methyl sites for hydroxylation is 1. The molecule has 2 heterocycles. The Bertz CT molecular complexity index is 705. The molecule has 24 heavy (non-hydrogen) atoms. The van der Waals surface area contributed by atoms with E-state index in [9.17, 15) is 9.59 Å². The van der Waals surface area contributed by atoms with E-state index in [0.29, 0.717) is 30.2 Å². The van der Waals surface area contributed by atoms with E-state index in [0.717, 1.165) is 12.8 Å². The van der Waals surface area contributed by atoms with Crippen molar-refractivity contribution in [1.82, 2.24) is 15.0 Å². The molecule has 2 aromatic heterocycles. The van der Waals surface area contributed by atoms with Crippen molar-refractivity contribution in [2.75, 3.05) is 18.4 Å². The normalized spacial score (nSPS) is 10.5. The van der Waals surface area contributed by atoms with E-state index >= 15 is 0 Å². The Labute approximate surface area is 141 Å². The van der Waals surface area contributed by atoms with Gasteiger partial charge in [-0.1, -0.05) is 19.0 Å². The first-order chi connectivity index (χ1) is 11.5. The van der Waals surface area contributed by atoms with Gasteiger partial charge in [-0.05, 0) is 31.9 Å². The number of hydrogen-bond acceptors (Lipinski definition) is 5. The number of carbonyl (C=O) groups is 2. The van der Waals surface area contributed by atoms with Gasteiger partial charge in [-0.15, -0.1) is 0 Å². The molecule has 0 saturated carbocycles. The highest BCUT2D eigenvalue weighted by Crippen LogP contribution is 2.11. The van der Waals surface area contributed by atoms with Crippen LogP contribution in [0.5, 0.6) is 0 Å². The van der Waals surface area contributed by atoms with Crippen molar-refractivity contribution in [3.05, 3.63) is 41.4 Å². The lowest BCUT2D eigenvalue weighted by molar-refractivity contribution is 0.0749. The maximum Gasteiger partial charge on any atom is 0.272 e. The molecule has 0 atom stereocenters. The largest absolute Gasteiger partial charge is 0.360 e. The highest BCUT2D eigenvalue weighted by Gasteiger charge is 2.18. The summed E-state index contributed by atoms with van der Waals surface area (Å²) in [7, 11) is 0. The molecule has 0 spiro atoms. The zero-order valence-corrected chi connectivity index (χ0v) is 14.2. The molecule has 0 radical (unpaired) electrons. The van der Waals surface area contributed by atoms with Crippen LogP contribution in [0.4, 0.5) is 5.82 Å². The zero-order chi connectivity index (χ0) is 17.5. The van der Waals surface area contributed by atoms with Crippen molar-refractivity contribution in [2.24, 2.45) is 0 Å². The maximum absolute atomic E-state index is 12.6. The fourth-order valence-electron chi connectivity index (χ4n) is 2.32. The molecule has 0 saturated heterocycles. The summed E-state index contributed by atoms with van der Waals surface area (Å²) in [6.45, 7) is 7.12. The van der Waals surface area contributed by atoms with E-state index in [4.69, 9.17) is 4.52 Å². The summed E-state index contributed by atoms with van der Waals surface area (Å²) in [5.74, 6) is 0.411. The van der Waals surface area contributed by atoms with Gasteiger partial charge in [0.2, 0.25) is 0 Å². The second-order valence-electron chi connectivity index (χ2n) is 5.50. The monoisotopic (exact) mass is 330 g/mol. The van der Waals surface area contributed by atoms with Crippen LogP contribution in [0.2, 0.25) is 0 Å². The lowest BCUT2D eigenvalue weighted by Gasteiger charge is -2.21. The Morgan fingerprint density at radius 1 is 1.21 bits per heavy atom. The zero-order valence-electron chi connectivity index (χ0n) is 14.2. The number of pyridine rings is 1. The second kappa shape index (κ2) is 8.24. The SMILES string of the molecule is CCCN(CCC)C(=O)c1cc(C(=O)Nc2cc(C)on2)ccn1. The van der Waals surface area contributed by atoms with Crippen LogP contribution in [0.25, 0.3) is 0 Å². The number of anilines is 1.